The molecular formula is C31H26N4O. The highest BCUT2D eigenvalue weighted by molar-refractivity contribution is 6.03. The normalized spacial score (nSPS) is 15.1. The Labute approximate surface area is 210 Å². The third-order valence-electron chi connectivity index (χ3n) is 6.52. The van der Waals surface area contributed by atoms with E-state index in [0.717, 1.165) is 51.6 Å². The lowest BCUT2D eigenvalue weighted by Gasteiger charge is -2.23. The Morgan fingerprint density at radius 2 is 1.31 bits per heavy atom. The summed E-state index contributed by atoms with van der Waals surface area (Å²) in [4.78, 5) is 0. The number of aromatic nitrogens is 2. The van der Waals surface area contributed by atoms with Gasteiger partial charge in [0, 0.05) is 23.7 Å². The molecule has 5 aromatic rings. The quantitative estimate of drug-likeness (QED) is 0.271. The van der Waals surface area contributed by atoms with E-state index in [1.165, 1.54) is 0 Å². The summed E-state index contributed by atoms with van der Waals surface area (Å²) in [6, 6.07) is 39.1. The first kappa shape index (κ1) is 21.9. The highest BCUT2D eigenvalue weighted by atomic mass is 16.5. The second-order valence-electron chi connectivity index (χ2n) is 8.75. The number of hydrogen-bond donors (Lipinski definition) is 0. The summed E-state index contributed by atoms with van der Waals surface area (Å²) in [6.45, 7) is 0. The van der Waals surface area contributed by atoms with Crippen LogP contribution in [0.25, 0.3) is 16.9 Å². The van der Waals surface area contributed by atoms with Crippen LogP contribution in [-0.2, 0) is 0 Å². The van der Waals surface area contributed by atoms with Crippen molar-refractivity contribution >= 4 is 11.4 Å². The van der Waals surface area contributed by atoms with Crippen LogP contribution < -0.4 is 9.75 Å². The van der Waals surface area contributed by atoms with Gasteiger partial charge >= 0.3 is 0 Å². The molecule has 0 N–H and O–H groups in total. The van der Waals surface area contributed by atoms with Gasteiger partial charge in [-0.05, 0) is 54.1 Å². The monoisotopic (exact) mass is 470 g/mol. The standard InChI is InChI=1S/C31H26N4O/c1-36-27-19-17-23(18-20-27)29-21-30(35(32-29)26-15-9-4-10-16-26)28-22-34(25-13-7-3-8-14-25)33-31(28)24-11-5-2-6-12-24/h2-20,22,30H,21H2,1H3/t30-/m1/s1. The molecule has 176 valence electrons. The summed E-state index contributed by atoms with van der Waals surface area (Å²) in [5.74, 6) is 0.837. The second-order valence-corrected chi connectivity index (χ2v) is 8.75. The maximum Gasteiger partial charge on any atom is 0.118 e. The molecule has 36 heavy (non-hydrogen) atoms. The molecule has 0 spiro atoms. The van der Waals surface area contributed by atoms with Gasteiger partial charge in [-0.3, -0.25) is 5.01 Å². The van der Waals surface area contributed by atoms with Crippen molar-refractivity contribution in [1.29, 1.82) is 0 Å². The van der Waals surface area contributed by atoms with Crippen molar-refractivity contribution in [3.63, 3.8) is 0 Å². The molecule has 4 aromatic carbocycles. The lowest BCUT2D eigenvalue weighted by atomic mass is 9.96. The molecule has 0 fully saturated rings. The lowest BCUT2D eigenvalue weighted by molar-refractivity contribution is 0.415. The van der Waals surface area contributed by atoms with E-state index in [0.29, 0.717) is 0 Å². The molecule has 0 aliphatic carbocycles. The minimum absolute atomic E-state index is 0.00262. The summed E-state index contributed by atoms with van der Waals surface area (Å²) >= 11 is 0. The topological polar surface area (TPSA) is 42.6 Å². The molecule has 0 bridgehead atoms. The second kappa shape index (κ2) is 9.55. The van der Waals surface area contributed by atoms with Crippen molar-refractivity contribution in [2.45, 2.75) is 12.5 Å². The number of nitrogens with zero attached hydrogens (tertiary/aromatic N) is 4. The third-order valence-corrected chi connectivity index (χ3v) is 6.52. The van der Waals surface area contributed by atoms with E-state index >= 15 is 0 Å². The zero-order valence-electron chi connectivity index (χ0n) is 20.0. The van der Waals surface area contributed by atoms with Gasteiger partial charge in [-0.1, -0.05) is 66.7 Å². The third kappa shape index (κ3) is 4.16. The molecule has 0 amide bonds. The minimum atomic E-state index is -0.00262. The van der Waals surface area contributed by atoms with E-state index in [1.807, 2.05) is 47.1 Å². The van der Waals surface area contributed by atoms with Crippen LogP contribution in [0.3, 0.4) is 0 Å². The number of para-hydroxylation sites is 2. The van der Waals surface area contributed by atoms with Crippen LogP contribution in [0.4, 0.5) is 5.69 Å². The Morgan fingerprint density at radius 1 is 0.694 bits per heavy atom. The number of hydrazone groups is 1. The fraction of sp³-hybridized carbons (Fsp3) is 0.0968. The molecule has 2 heterocycles. The van der Waals surface area contributed by atoms with Crippen molar-refractivity contribution in [2.24, 2.45) is 5.10 Å². The highest BCUT2D eigenvalue weighted by Gasteiger charge is 2.33. The van der Waals surface area contributed by atoms with E-state index in [2.05, 4.69) is 84.0 Å². The van der Waals surface area contributed by atoms with Crippen LogP contribution in [0.15, 0.2) is 127 Å². The predicted molar refractivity (Wildman–Crippen MR) is 145 cm³/mol. The molecule has 0 saturated heterocycles. The Morgan fingerprint density at radius 3 is 1.94 bits per heavy atom. The maximum absolute atomic E-state index is 5.36. The van der Waals surface area contributed by atoms with E-state index in [1.54, 1.807) is 7.11 Å². The molecule has 0 radical (unpaired) electrons. The zero-order chi connectivity index (χ0) is 24.3. The molecule has 1 aliphatic rings. The van der Waals surface area contributed by atoms with Crippen LogP contribution in [0.1, 0.15) is 23.6 Å². The summed E-state index contributed by atoms with van der Waals surface area (Å²) in [6.07, 6.45) is 2.92. The summed E-state index contributed by atoms with van der Waals surface area (Å²) in [5, 5.41) is 12.3. The predicted octanol–water partition coefficient (Wildman–Crippen LogP) is 6.90. The molecular weight excluding hydrogens is 444 g/mol. The van der Waals surface area contributed by atoms with Crippen molar-refractivity contribution < 1.29 is 4.74 Å². The highest BCUT2D eigenvalue weighted by Crippen LogP contribution is 2.40. The Kier molecular flexibility index (Phi) is 5.80. The number of methoxy groups -OCH3 is 1. The number of hydrogen-bond acceptors (Lipinski definition) is 4. The Hall–Kier alpha value is -4.64. The van der Waals surface area contributed by atoms with Gasteiger partial charge in [0.2, 0.25) is 0 Å². The van der Waals surface area contributed by atoms with Gasteiger partial charge in [-0.15, -0.1) is 0 Å². The molecule has 6 rings (SSSR count). The number of rotatable bonds is 6. The van der Waals surface area contributed by atoms with Gasteiger partial charge in [-0.2, -0.15) is 10.2 Å². The van der Waals surface area contributed by atoms with Crippen LogP contribution in [0, 0.1) is 0 Å². The van der Waals surface area contributed by atoms with Crippen LogP contribution >= 0.6 is 0 Å². The van der Waals surface area contributed by atoms with Crippen LogP contribution in [0.5, 0.6) is 5.75 Å². The van der Waals surface area contributed by atoms with E-state index in [9.17, 15) is 0 Å². The van der Waals surface area contributed by atoms with Gasteiger partial charge in [0.25, 0.3) is 0 Å². The lowest BCUT2D eigenvalue weighted by Crippen LogP contribution is -2.18. The SMILES string of the molecule is COc1ccc(C2=NN(c3ccccc3)[C@@H](c3cn(-c4ccccc4)nc3-c3ccccc3)C2)cc1. The molecule has 0 saturated carbocycles. The molecule has 1 aliphatic heterocycles. The van der Waals surface area contributed by atoms with E-state index < -0.39 is 0 Å². The summed E-state index contributed by atoms with van der Waals surface area (Å²) < 4.78 is 7.34. The first-order valence-corrected chi connectivity index (χ1v) is 12.1. The van der Waals surface area contributed by atoms with Crippen LogP contribution in [0.2, 0.25) is 0 Å². The number of benzene rings is 4. The minimum Gasteiger partial charge on any atom is -0.497 e. The molecule has 1 atom stereocenters. The average Bonchev–Trinajstić information content (AvgIpc) is 3.60. The number of ether oxygens (including phenoxy) is 1. The summed E-state index contributed by atoms with van der Waals surface area (Å²) in [5.41, 5.74) is 7.42. The van der Waals surface area contributed by atoms with Gasteiger partial charge in [0.15, 0.2) is 0 Å². The van der Waals surface area contributed by atoms with Crippen LogP contribution in [-0.4, -0.2) is 22.6 Å². The zero-order valence-corrected chi connectivity index (χ0v) is 20.0. The van der Waals surface area contributed by atoms with Gasteiger partial charge in [0.05, 0.1) is 35.9 Å². The molecule has 5 heteroatoms. The smallest absolute Gasteiger partial charge is 0.118 e. The fourth-order valence-electron chi connectivity index (χ4n) is 4.69. The largest absolute Gasteiger partial charge is 0.497 e. The summed E-state index contributed by atoms with van der Waals surface area (Å²) in [7, 11) is 1.69. The van der Waals surface area contributed by atoms with E-state index in [-0.39, 0.29) is 6.04 Å². The molecule has 5 nitrogen and oxygen atoms in total. The van der Waals surface area contributed by atoms with Gasteiger partial charge < -0.3 is 4.74 Å². The molecule has 1 aromatic heterocycles. The van der Waals surface area contributed by atoms with E-state index in [4.69, 9.17) is 14.9 Å². The first-order valence-electron chi connectivity index (χ1n) is 12.1. The van der Waals surface area contributed by atoms with Crippen molar-refractivity contribution in [2.75, 3.05) is 12.1 Å². The molecule has 0 unspecified atom stereocenters. The van der Waals surface area contributed by atoms with Crippen molar-refractivity contribution in [1.82, 2.24) is 9.78 Å². The van der Waals surface area contributed by atoms with Crippen molar-refractivity contribution in [3.05, 3.63) is 133 Å². The Bertz CT molecular complexity index is 1480. The number of anilines is 1. The maximum atomic E-state index is 5.36. The van der Waals surface area contributed by atoms with Gasteiger partial charge in [-0.25, -0.2) is 4.68 Å². The average molecular weight is 471 g/mol. The van der Waals surface area contributed by atoms with Gasteiger partial charge in [0.1, 0.15) is 5.75 Å². The van der Waals surface area contributed by atoms with Crippen molar-refractivity contribution in [3.8, 4) is 22.7 Å². The Balaban J connectivity index is 1.47. The first-order chi connectivity index (χ1) is 17.8. The fourth-order valence-corrected chi connectivity index (χ4v) is 4.69.